The lowest BCUT2D eigenvalue weighted by atomic mass is 10.0. The normalized spacial score (nSPS) is 11.1. The van der Waals surface area contributed by atoms with Crippen LogP contribution in [0.25, 0.3) is 11.1 Å². The first-order valence-corrected chi connectivity index (χ1v) is 10.5. The lowest BCUT2D eigenvalue weighted by Crippen LogP contribution is -2.31. The van der Waals surface area contributed by atoms with Crippen molar-refractivity contribution in [3.8, 4) is 22.6 Å². The summed E-state index contributed by atoms with van der Waals surface area (Å²) in [4.78, 5) is 11.6. The Morgan fingerprint density at radius 1 is 0.963 bits per heavy atom. The summed E-state index contributed by atoms with van der Waals surface area (Å²) in [6, 6.07) is 12.8. The van der Waals surface area contributed by atoms with Gasteiger partial charge in [-0.1, -0.05) is 37.3 Å². The summed E-state index contributed by atoms with van der Waals surface area (Å²) in [5, 5.41) is 2.58. The average molecular weight is 391 g/mol. The van der Waals surface area contributed by atoms with E-state index in [-0.39, 0.29) is 5.75 Å². The average Bonchev–Trinajstić information content (AvgIpc) is 2.65. The van der Waals surface area contributed by atoms with Gasteiger partial charge in [-0.15, -0.1) is 0 Å². The van der Waals surface area contributed by atoms with Gasteiger partial charge in [-0.3, -0.25) is 4.79 Å². The van der Waals surface area contributed by atoms with Gasteiger partial charge in [-0.25, -0.2) is 8.42 Å². The van der Waals surface area contributed by atoms with Crippen LogP contribution in [0, 0.1) is 0 Å². The van der Waals surface area contributed by atoms with E-state index in [1.54, 1.807) is 26.4 Å². The molecule has 0 spiro atoms. The molecule has 27 heavy (non-hydrogen) atoms. The molecule has 6 nitrogen and oxygen atoms in total. The molecule has 0 fully saturated rings. The van der Waals surface area contributed by atoms with Crippen LogP contribution in [0.2, 0.25) is 0 Å². The van der Waals surface area contributed by atoms with Crippen molar-refractivity contribution in [2.45, 2.75) is 19.1 Å². The van der Waals surface area contributed by atoms with Crippen LogP contribution in [0.5, 0.6) is 11.5 Å². The number of carbonyl (C=O) groups excluding carboxylic acids is 1. The number of amides is 1. The van der Waals surface area contributed by atoms with Gasteiger partial charge in [0.1, 0.15) is 5.75 Å². The van der Waals surface area contributed by atoms with Crippen molar-refractivity contribution in [2.75, 3.05) is 26.5 Å². The zero-order valence-electron chi connectivity index (χ0n) is 15.8. The van der Waals surface area contributed by atoms with Gasteiger partial charge in [-0.05, 0) is 35.2 Å². The summed E-state index contributed by atoms with van der Waals surface area (Å²) >= 11 is 0. The molecule has 0 aliphatic rings. The van der Waals surface area contributed by atoms with Crippen LogP contribution >= 0.6 is 0 Å². The van der Waals surface area contributed by atoms with E-state index in [1.807, 2.05) is 37.3 Å². The topological polar surface area (TPSA) is 81.7 Å². The number of hydrogen-bond donors (Lipinski definition) is 1. The number of sulfone groups is 1. The van der Waals surface area contributed by atoms with Gasteiger partial charge in [0.15, 0.2) is 21.3 Å². The van der Waals surface area contributed by atoms with E-state index in [4.69, 9.17) is 9.47 Å². The molecule has 146 valence electrons. The van der Waals surface area contributed by atoms with Crippen LogP contribution in [0.15, 0.2) is 42.5 Å². The molecule has 0 saturated carbocycles. The molecule has 0 heterocycles. The molecule has 0 aliphatic carbocycles. The Bertz CT molecular complexity index is 876. The summed E-state index contributed by atoms with van der Waals surface area (Å²) in [6.07, 6.45) is 0.767. The number of methoxy groups -OCH3 is 2. The summed E-state index contributed by atoms with van der Waals surface area (Å²) < 4.78 is 34.9. The molecule has 0 aliphatic heterocycles. The van der Waals surface area contributed by atoms with Gasteiger partial charge in [0, 0.05) is 6.54 Å². The van der Waals surface area contributed by atoms with Gasteiger partial charge in [0.25, 0.3) is 0 Å². The molecule has 0 atom stereocenters. The molecule has 2 rings (SSSR count). The lowest BCUT2D eigenvalue weighted by Gasteiger charge is -2.10. The van der Waals surface area contributed by atoms with Crippen molar-refractivity contribution in [1.82, 2.24) is 5.32 Å². The zero-order valence-corrected chi connectivity index (χ0v) is 16.6. The number of benzene rings is 2. The highest BCUT2D eigenvalue weighted by atomic mass is 32.2. The number of carbonyl (C=O) groups is 1. The number of nitrogens with one attached hydrogen (secondary N) is 1. The molecule has 7 heteroatoms. The van der Waals surface area contributed by atoms with Crippen molar-refractivity contribution in [2.24, 2.45) is 0 Å². The lowest BCUT2D eigenvalue weighted by molar-refractivity contribution is -0.118. The molecule has 0 bridgehead atoms. The third kappa shape index (κ3) is 5.99. The standard InChI is InChI=1S/C20H25NO5S/c1-4-11-21-20(22)14-27(23,24)13-15-5-7-16(8-6-15)17-9-10-18(25-2)19(12-17)26-3/h5-10,12H,4,11,13-14H2,1-3H3,(H,21,22). The smallest absolute Gasteiger partial charge is 0.235 e. The first-order chi connectivity index (χ1) is 12.9. The molecule has 0 radical (unpaired) electrons. The summed E-state index contributed by atoms with van der Waals surface area (Å²) in [6.45, 7) is 2.39. The minimum absolute atomic E-state index is 0.168. The first-order valence-electron chi connectivity index (χ1n) is 8.67. The van der Waals surface area contributed by atoms with Crippen molar-refractivity contribution >= 4 is 15.7 Å². The molecule has 2 aromatic carbocycles. The van der Waals surface area contributed by atoms with E-state index >= 15 is 0 Å². The molecular formula is C20H25NO5S. The van der Waals surface area contributed by atoms with Gasteiger partial charge in [0.05, 0.1) is 20.0 Å². The van der Waals surface area contributed by atoms with E-state index in [1.165, 1.54) is 0 Å². The maximum Gasteiger partial charge on any atom is 0.235 e. The molecule has 0 unspecified atom stereocenters. The Hall–Kier alpha value is -2.54. The highest BCUT2D eigenvalue weighted by Gasteiger charge is 2.17. The maximum absolute atomic E-state index is 12.2. The van der Waals surface area contributed by atoms with Crippen LogP contribution in [-0.4, -0.2) is 40.8 Å². The molecule has 1 amide bonds. The predicted octanol–water partition coefficient (Wildman–Crippen LogP) is 2.81. The van der Waals surface area contributed by atoms with Gasteiger partial charge in [-0.2, -0.15) is 0 Å². The first kappa shape index (κ1) is 20.8. The largest absolute Gasteiger partial charge is 0.493 e. The maximum atomic E-state index is 12.2. The second-order valence-corrected chi connectivity index (χ2v) is 8.21. The quantitative estimate of drug-likeness (QED) is 0.711. The Balaban J connectivity index is 2.10. The van der Waals surface area contributed by atoms with Crippen molar-refractivity contribution < 1.29 is 22.7 Å². The van der Waals surface area contributed by atoms with Crippen molar-refractivity contribution in [3.63, 3.8) is 0 Å². The van der Waals surface area contributed by atoms with E-state index in [0.29, 0.717) is 23.6 Å². The molecular weight excluding hydrogens is 366 g/mol. The third-order valence-corrected chi connectivity index (χ3v) is 5.46. The van der Waals surface area contributed by atoms with Gasteiger partial charge >= 0.3 is 0 Å². The fraction of sp³-hybridized carbons (Fsp3) is 0.350. The summed E-state index contributed by atoms with van der Waals surface area (Å²) in [5.41, 5.74) is 2.50. The minimum Gasteiger partial charge on any atom is -0.493 e. The second kappa shape index (κ2) is 9.41. The van der Waals surface area contributed by atoms with E-state index in [2.05, 4.69) is 5.32 Å². The van der Waals surface area contributed by atoms with Crippen LogP contribution < -0.4 is 14.8 Å². The number of rotatable bonds is 9. The Labute approximate surface area is 160 Å². The third-order valence-electron chi connectivity index (χ3n) is 3.98. The molecule has 0 saturated heterocycles. The molecule has 2 aromatic rings. The zero-order chi connectivity index (χ0) is 19.9. The van der Waals surface area contributed by atoms with Crippen LogP contribution in [0.1, 0.15) is 18.9 Å². The Morgan fingerprint density at radius 3 is 2.19 bits per heavy atom. The van der Waals surface area contributed by atoms with E-state index in [9.17, 15) is 13.2 Å². The second-order valence-electron chi connectivity index (χ2n) is 6.15. The van der Waals surface area contributed by atoms with E-state index in [0.717, 1.165) is 17.5 Å². The Morgan fingerprint density at radius 2 is 1.59 bits per heavy atom. The highest BCUT2D eigenvalue weighted by Crippen LogP contribution is 2.32. The summed E-state index contributed by atoms with van der Waals surface area (Å²) in [7, 11) is -0.356. The van der Waals surface area contributed by atoms with Crippen molar-refractivity contribution in [1.29, 1.82) is 0 Å². The fourth-order valence-corrected chi connectivity index (χ4v) is 3.93. The van der Waals surface area contributed by atoms with E-state index < -0.39 is 21.5 Å². The van der Waals surface area contributed by atoms with Gasteiger partial charge < -0.3 is 14.8 Å². The highest BCUT2D eigenvalue weighted by molar-refractivity contribution is 7.91. The van der Waals surface area contributed by atoms with Crippen molar-refractivity contribution in [3.05, 3.63) is 48.0 Å². The predicted molar refractivity (Wildman–Crippen MR) is 106 cm³/mol. The monoisotopic (exact) mass is 391 g/mol. The Kier molecular flexibility index (Phi) is 7.24. The number of ether oxygens (including phenoxy) is 2. The minimum atomic E-state index is -3.51. The van der Waals surface area contributed by atoms with Gasteiger partial charge in [0.2, 0.25) is 5.91 Å². The van der Waals surface area contributed by atoms with Crippen LogP contribution in [0.4, 0.5) is 0 Å². The SMILES string of the molecule is CCCNC(=O)CS(=O)(=O)Cc1ccc(-c2ccc(OC)c(OC)c2)cc1. The fourth-order valence-electron chi connectivity index (χ4n) is 2.63. The molecule has 0 aromatic heterocycles. The summed E-state index contributed by atoms with van der Waals surface area (Å²) in [5.74, 6) is 0.146. The number of hydrogen-bond acceptors (Lipinski definition) is 5. The molecule has 1 N–H and O–H groups in total. The van der Waals surface area contributed by atoms with Crippen LogP contribution in [0.3, 0.4) is 0 Å². The van der Waals surface area contributed by atoms with Crippen LogP contribution in [-0.2, 0) is 20.4 Å².